The fourth-order valence-electron chi connectivity index (χ4n) is 2.94. The van der Waals surface area contributed by atoms with Crippen molar-refractivity contribution < 1.29 is 13.2 Å². The molecule has 1 N–H and O–H groups in total. The van der Waals surface area contributed by atoms with Crippen molar-refractivity contribution in [1.29, 1.82) is 0 Å². The number of hydrogen-bond donors (Lipinski definition) is 1. The number of benzene rings is 2. The number of hydrogen-bond acceptors (Lipinski definition) is 3. The van der Waals surface area contributed by atoms with Crippen molar-refractivity contribution in [1.82, 2.24) is 5.32 Å². The second kappa shape index (κ2) is 7.11. The number of para-hydroxylation sites is 1. The smallest absolute Gasteiger partial charge is 0.264 e. The lowest BCUT2D eigenvalue weighted by Crippen LogP contribution is -2.36. The number of sulfonamides is 1. The van der Waals surface area contributed by atoms with E-state index in [-0.39, 0.29) is 16.8 Å². The van der Waals surface area contributed by atoms with Gasteiger partial charge in [-0.1, -0.05) is 38.1 Å². The zero-order valence-corrected chi connectivity index (χ0v) is 16.1. The molecule has 138 valence electrons. The van der Waals surface area contributed by atoms with Crippen molar-refractivity contribution in [2.75, 3.05) is 10.8 Å². The summed E-state index contributed by atoms with van der Waals surface area (Å²) in [6, 6.07) is 13.8. The summed E-state index contributed by atoms with van der Waals surface area (Å²) in [5.41, 5.74) is 2.09. The first-order chi connectivity index (χ1) is 12.3. The van der Waals surface area contributed by atoms with Gasteiger partial charge in [0.25, 0.3) is 15.9 Å². The predicted octanol–water partition coefficient (Wildman–Crippen LogP) is 3.21. The molecule has 0 saturated carbocycles. The number of rotatable bonds is 5. The topological polar surface area (TPSA) is 66.5 Å². The lowest BCUT2D eigenvalue weighted by molar-refractivity contribution is 0.0930. The van der Waals surface area contributed by atoms with Gasteiger partial charge in [-0.25, -0.2) is 8.42 Å². The van der Waals surface area contributed by atoms with E-state index in [2.05, 4.69) is 5.32 Å². The van der Waals surface area contributed by atoms with Crippen LogP contribution in [0.15, 0.2) is 53.4 Å². The Kier molecular flexibility index (Phi) is 5.05. The average molecular weight is 372 g/mol. The monoisotopic (exact) mass is 372 g/mol. The molecule has 0 bridgehead atoms. The van der Waals surface area contributed by atoms with Gasteiger partial charge in [0.2, 0.25) is 0 Å². The highest BCUT2D eigenvalue weighted by atomic mass is 32.2. The molecule has 26 heavy (non-hydrogen) atoms. The quantitative estimate of drug-likeness (QED) is 0.876. The molecule has 2 aromatic rings. The zero-order valence-electron chi connectivity index (χ0n) is 15.3. The van der Waals surface area contributed by atoms with Gasteiger partial charge in [-0.2, -0.15) is 0 Å². The Balaban J connectivity index is 1.89. The molecule has 0 aliphatic carbocycles. The SMILES string of the molecule is CC(C)[C@@H](C)NC(=O)c1cccc(S(=O)(=O)N2CCc3ccccc32)c1. The molecule has 1 heterocycles. The number of fused-ring (bicyclic) bond motifs is 1. The van der Waals surface area contributed by atoms with Crippen molar-refractivity contribution in [2.24, 2.45) is 5.92 Å². The van der Waals surface area contributed by atoms with Gasteiger partial charge in [-0.3, -0.25) is 9.10 Å². The number of nitrogens with zero attached hydrogens (tertiary/aromatic N) is 1. The zero-order chi connectivity index (χ0) is 18.9. The van der Waals surface area contributed by atoms with Gasteiger partial charge >= 0.3 is 0 Å². The second-order valence-corrected chi connectivity index (χ2v) is 8.85. The Morgan fingerprint density at radius 2 is 1.81 bits per heavy atom. The molecule has 1 atom stereocenters. The van der Waals surface area contributed by atoms with Crippen molar-refractivity contribution in [2.45, 2.75) is 38.1 Å². The first-order valence-corrected chi connectivity index (χ1v) is 10.3. The Bertz CT molecular complexity index is 922. The molecule has 0 unspecified atom stereocenters. The summed E-state index contributed by atoms with van der Waals surface area (Å²) in [4.78, 5) is 12.6. The minimum atomic E-state index is -3.70. The molecule has 6 heteroatoms. The van der Waals surface area contributed by atoms with Gasteiger partial charge in [0, 0.05) is 18.2 Å². The Labute approximate surface area is 155 Å². The highest BCUT2D eigenvalue weighted by molar-refractivity contribution is 7.92. The third-order valence-corrected chi connectivity index (χ3v) is 6.70. The van der Waals surface area contributed by atoms with Crippen LogP contribution in [0.2, 0.25) is 0 Å². The summed E-state index contributed by atoms with van der Waals surface area (Å²) in [5, 5.41) is 2.91. The summed E-state index contributed by atoms with van der Waals surface area (Å²) in [6.45, 7) is 6.40. The molecule has 0 radical (unpaired) electrons. The van der Waals surface area contributed by atoms with Gasteiger partial charge < -0.3 is 5.32 Å². The third kappa shape index (κ3) is 3.46. The summed E-state index contributed by atoms with van der Waals surface area (Å²) in [6.07, 6.45) is 0.696. The molecule has 2 aromatic carbocycles. The molecular weight excluding hydrogens is 348 g/mol. The number of carbonyl (C=O) groups is 1. The summed E-state index contributed by atoms with van der Waals surface area (Å²) >= 11 is 0. The maximum Gasteiger partial charge on any atom is 0.264 e. The number of amides is 1. The van der Waals surface area contributed by atoms with Crippen LogP contribution >= 0.6 is 0 Å². The van der Waals surface area contributed by atoms with Gasteiger partial charge in [-0.15, -0.1) is 0 Å². The van der Waals surface area contributed by atoms with Gasteiger partial charge in [-0.05, 0) is 49.1 Å². The third-order valence-electron chi connectivity index (χ3n) is 4.89. The van der Waals surface area contributed by atoms with Crippen LogP contribution in [0.4, 0.5) is 5.69 Å². The van der Waals surface area contributed by atoms with Crippen molar-refractivity contribution >= 4 is 21.6 Å². The van der Waals surface area contributed by atoms with Gasteiger partial charge in [0.15, 0.2) is 0 Å². The number of carbonyl (C=O) groups excluding carboxylic acids is 1. The van der Waals surface area contributed by atoms with E-state index in [0.717, 1.165) is 11.3 Å². The largest absolute Gasteiger partial charge is 0.349 e. The standard InChI is InChI=1S/C20H24N2O3S/c1-14(2)15(3)21-20(23)17-8-6-9-18(13-17)26(24,25)22-12-11-16-7-4-5-10-19(16)22/h4-10,13-15H,11-12H2,1-3H3,(H,21,23)/t15-/m1/s1. The Morgan fingerprint density at radius 1 is 1.08 bits per heavy atom. The van der Waals surface area contributed by atoms with Crippen molar-refractivity contribution in [3.05, 3.63) is 59.7 Å². The molecule has 0 saturated heterocycles. The molecular formula is C20H24N2O3S. The van der Waals surface area contributed by atoms with E-state index in [0.29, 0.717) is 24.4 Å². The minimum absolute atomic E-state index is 0.00761. The highest BCUT2D eigenvalue weighted by Gasteiger charge is 2.31. The number of nitrogens with one attached hydrogen (secondary N) is 1. The van der Waals surface area contributed by atoms with Crippen molar-refractivity contribution in [3.63, 3.8) is 0 Å². The summed E-state index contributed by atoms with van der Waals surface area (Å²) in [5.74, 6) is 0.0389. The minimum Gasteiger partial charge on any atom is -0.349 e. The van der Waals surface area contributed by atoms with Crippen LogP contribution in [0, 0.1) is 5.92 Å². The predicted molar refractivity (Wildman–Crippen MR) is 103 cm³/mol. The first-order valence-electron chi connectivity index (χ1n) is 8.82. The lowest BCUT2D eigenvalue weighted by Gasteiger charge is -2.20. The molecule has 1 amide bonds. The van der Waals surface area contributed by atoms with Crippen LogP contribution in [-0.4, -0.2) is 26.9 Å². The van der Waals surface area contributed by atoms with E-state index in [1.54, 1.807) is 18.2 Å². The van der Waals surface area contributed by atoms with E-state index in [1.165, 1.54) is 10.4 Å². The normalized spacial score (nSPS) is 15.0. The number of anilines is 1. The lowest BCUT2D eigenvalue weighted by atomic mass is 10.1. The highest BCUT2D eigenvalue weighted by Crippen LogP contribution is 2.32. The van der Waals surface area contributed by atoms with Crippen LogP contribution in [0.3, 0.4) is 0 Å². The average Bonchev–Trinajstić information content (AvgIpc) is 3.06. The van der Waals surface area contributed by atoms with Crippen LogP contribution in [-0.2, 0) is 16.4 Å². The maximum atomic E-state index is 13.1. The fraction of sp³-hybridized carbons (Fsp3) is 0.350. The first kappa shape index (κ1) is 18.5. The summed E-state index contributed by atoms with van der Waals surface area (Å²) in [7, 11) is -3.70. The van der Waals surface area contributed by atoms with E-state index in [4.69, 9.17) is 0 Å². The Morgan fingerprint density at radius 3 is 2.54 bits per heavy atom. The second-order valence-electron chi connectivity index (χ2n) is 6.99. The van der Waals surface area contributed by atoms with Gasteiger partial charge in [0.05, 0.1) is 10.6 Å². The van der Waals surface area contributed by atoms with E-state index in [9.17, 15) is 13.2 Å². The van der Waals surface area contributed by atoms with Crippen LogP contribution in [0.25, 0.3) is 0 Å². The summed E-state index contributed by atoms with van der Waals surface area (Å²) < 4.78 is 27.6. The van der Waals surface area contributed by atoms with E-state index >= 15 is 0 Å². The van der Waals surface area contributed by atoms with Crippen molar-refractivity contribution in [3.8, 4) is 0 Å². The fourth-order valence-corrected chi connectivity index (χ4v) is 4.49. The molecule has 1 aliphatic heterocycles. The van der Waals surface area contributed by atoms with E-state index in [1.807, 2.05) is 45.0 Å². The van der Waals surface area contributed by atoms with Gasteiger partial charge in [0.1, 0.15) is 0 Å². The molecule has 3 rings (SSSR count). The van der Waals surface area contributed by atoms with Crippen LogP contribution in [0.5, 0.6) is 0 Å². The molecule has 1 aliphatic rings. The molecule has 0 aromatic heterocycles. The van der Waals surface area contributed by atoms with E-state index < -0.39 is 10.0 Å². The molecule has 0 spiro atoms. The molecule has 0 fully saturated rings. The maximum absolute atomic E-state index is 13.1. The Hall–Kier alpha value is -2.34. The van der Waals surface area contributed by atoms with Crippen LogP contribution in [0.1, 0.15) is 36.7 Å². The molecule has 5 nitrogen and oxygen atoms in total. The van der Waals surface area contributed by atoms with Crippen LogP contribution < -0.4 is 9.62 Å².